The van der Waals surface area contributed by atoms with Gasteiger partial charge in [0.2, 0.25) is 5.91 Å². The van der Waals surface area contributed by atoms with Gasteiger partial charge >= 0.3 is 12.2 Å². The summed E-state index contributed by atoms with van der Waals surface area (Å²) in [5.41, 5.74) is 2.73. The third-order valence-electron chi connectivity index (χ3n) is 6.31. The fraction of sp³-hybridized carbons (Fsp3) is 0.520. The van der Waals surface area contributed by atoms with E-state index < -0.39 is 12.2 Å². The number of methoxy groups -OCH3 is 1. The van der Waals surface area contributed by atoms with E-state index in [1.165, 1.54) is 13.5 Å². The SMILES string of the molecule is COC(=O)N1c2ccc(-c3cnn(CC(=O)N4CCCCC4)c3)cc2N(C(=O)OC(C)C)C[C@@H]1C. The number of anilines is 2. The maximum Gasteiger partial charge on any atom is 0.414 e. The lowest BCUT2D eigenvalue weighted by molar-refractivity contribution is -0.132. The Hall–Kier alpha value is -3.56. The van der Waals surface area contributed by atoms with Crippen molar-refractivity contribution in [3.05, 3.63) is 30.6 Å². The predicted molar refractivity (Wildman–Crippen MR) is 131 cm³/mol. The first kappa shape index (κ1) is 24.6. The molecule has 1 aromatic heterocycles. The first-order valence-electron chi connectivity index (χ1n) is 12.1. The van der Waals surface area contributed by atoms with E-state index in [0.717, 1.165) is 37.1 Å². The number of hydrogen-bond acceptors (Lipinski definition) is 6. The molecule has 3 amide bonds. The van der Waals surface area contributed by atoms with Gasteiger partial charge in [-0.2, -0.15) is 5.10 Å². The molecule has 2 aliphatic rings. The Morgan fingerprint density at radius 1 is 1.06 bits per heavy atom. The highest BCUT2D eigenvalue weighted by atomic mass is 16.6. The molecule has 0 N–H and O–H groups in total. The lowest BCUT2D eigenvalue weighted by Gasteiger charge is -2.40. The molecule has 1 saturated heterocycles. The fourth-order valence-electron chi connectivity index (χ4n) is 4.60. The van der Waals surface area contributed by atoms with Crippen LogP contribution in [0.25, 0.3) is 11.1 Å². The van der Waals surface area contributed by atoms with E-state index >= 15 is 0 Å². The molecule has 0 unspecified atom stereocenters. The summed E-state index contributed by atoms with van der Waals surface area (Å²) in [6.07, 6.45) is 5.53. The number of rotatable bonds is 4. The summed E-state index contributed by atoms with van der Waals surface area (Å²) in [5.74, 6) is 0.0649. The molecule has 10 nitrogen and oxygen atoms in total. The zero-order valence-electron chi connectivity index (χ0n) is 20.8. The molecule has 0 spiro atoms. The Bertz CT molecular complexity index is 1090. The maximum absolute atomic E-state index is 12.9. The van der Waals surface area contributed by atoms with E-state index in [4.69, 9.17) is 9.47 Å². The minimum atomic E-state index is -0.493. The minimum absolute atomic E-state index is 0.0649. The van der Waals surface area contributed by atoms with Crippen molar-refractivity contribution in [3.8, 4) is 11.1 Å². The zero-order chi connectivity index (χ0) is 25.1. The van der Waals surface area contributed by atoms with E-state index in [1.807, 2.05) is 30.2 Å². The number of nitrogens with zero attached hydrogens (tertiary/aromatic N) is 5. The van der Waals surface area contributed by atoms with Crippen molar-refractivity contribution in [2.45, 2.75) is 58.7 Å². The molecule has 1 atom stereocenters. The van der Waals surface area contributed by atoms with Crippen molar-refractivity contribution in [2.75, 3.05) is 36.5 Å². The highest BCUT2D eigenvalue weighted by Gasteiger charge is 2.36. The lowest BCUT2D eigenvalue weighted by Crippen LogP contribution is -2.52. The quantitative estimate of drug-likeness (QED) is 0.655. The maximum atomic E-state index is 12.9. The average molecular weight is 484 g/mol. The number of aromatic nitrogens is 2. The van der Waals surface area contributed by atoms with Crippen molar-refractivity contribution < 1.29 is 23.9 Å². The third-order valence-corrected chi connectivity index (χ3v) is 6.31. The lowest BCUT2D eigenvalue weighted by atomic mass is 10.0. The van der Waals surface area contributed by atoms with Crippen molar-refractivity contribution in [1.82, 2.24) is 14.7 Å². The summed E-state index contributed by atoms with van der Waals surface area (Å²) in [4.78, 5) is 43.0. The molecule has 4 rings (SSSR count). The van der Waals surface area contributed by atoms with Crippen LogP contribution in [0.2, 0.25) is 0 Å². The monoisotopic (exact) mass is 483 g/mol. The zero-order valence-corrected chi connectivity index (χ0v) is 20.8. The van der Waals surface area contributed by atoms with Gasteiger partial charge in [0, 0.05) is 24.8 Å². The minimum Gasteiger partial charge on any atom is -0.452 e. The first-order chi connectivity index (χ1) is 16.8. The van der Waals surface area contributed by atoms with E-state index in [-0.39, 0.29) is 31.1 Å². The average Bonchev–Trinajstić information content (AvgIpc) is 3.31. The van der Waals surface area contributed by atoms with E-state index in [9.17, 15) is 14.4 Å². The van der Waals surface area contributed by atoms with E-state index in [1.54, 1.807) is 40.6 Å². The van der Waals surface area contributed by atoms with Crippen LogP contribution in [0.3, 0.4) is 0 Å². The van der Waals surface area contributed by atoms with E-state index in [0.29, 0.717) is 11.4 Å². The van der Waals surface area contributed by atoms with Gasteiger partial charge in [0.1, 0.15) is 6.54 Å². The van der Waals surface area contributed by atoms with Crippen LogP contribution < -0.4 is 9.80 Å². The molecular formula is C25H33N5O5. The number of ether oxygens (including phenoxy) is 2. The summed E-state index contributed by atoms with van der Waals surface area (Å²) in [7, 11) is 1.34. The second kappa shape index (κ2) is 10.4. The molecular weight excluding hydrogens is 450 g/mol. The van der Waals surface area contributed by atoms with Crippen LogP contribution in [0.4, 0.5) is 21.0 Å². The number of likely N-dealkylation sites (tertiary alicyclic amines) is 1. The number of carbonyl (C=O) groups is 3. The van der Waals surface area contributed by atoms with Crippen molar-refractivity contribution >= 4 is 29.5 Å². The fourth-order valence-corrected chi connectivity index (χ4v) is 4.60. The largest absolute Gasteiger partial charge is 0.452 e. The van der Waals surface area contributed by atoms with Crippen LogP contribution in [0.1, 0.15) is 40.0 Å². The molecule has 2 aromatic rings. The Morgan fingerprint density at radius 3 is 2.49 bits per heavy atom. The van der Waals surface area contributed by atoms with Crippen molar-refractivity contribution in [2.24, 2.45) is 0 Å². The number of hydrogen-bond donors (Lipinski definition) is 0. The van der Waals surface area contributed by atoms with E-state index in [2.05, 4.69) is 5.10 Å². The predicted octanol–water partition coefficient (Wildman–Crippen LogP) is 3.89. The molecule has 188 valence electrons. The molecule has 0 saturated carbocycles. The second-order valence-corrected chi connectivity index (χ2v) is 9.30. The van der Waals surface area contributed by atoms with Gasteiger partial charge in [0.15, 0.2) is 0 Å². The number of amides is 3. The molecule has 2 aliphatic heterocycles. The summed E-state index contributed by atoms with van der Waals surface area (Å²) < 4.78 is 12.1. The highest BCUT2D eigenvalue weighted by Crippen LogP contribution is 2.39. The Morgan fingerprint density at radius 2 is 1.80 bits per heavy atom. The number of carbonyl (C=O) groups excluding carboxylic acids is 3. The standard InChI is InChI=1S/C25H33N5O5/c1-17(2)35-24(32)29-14-18(3)30(25(33)34-4)21-9-8-19(12-22(21)29)20-13-26-28(15-20)16-23(31)27-10-6-5-7-11-27/h8-9,12-13,15,17-18H,5-7,10-11,14,16H2,1-4H3/t18-/m0/s1. The highest BCUT2D eigenvalue weighted by molar-refractivity contribution is 6.01. The van der Waals surface area contributed by atoms with Crippen molar-refractivity contribution in [3.63, 3.8) is 0 Å². The molecule has 0 bridgehead atoms. The van der Waals surface area contributed by atoms with Gasteiger partial charge in [-0.05, 0) is 57.7 Å². The van der Waals surface area contributed by atoms with Gasteiger partial charge in [-0.15, -0.1) is 0 Å². The molecule has 1 fully saturated rings. The summed E-state index contributed by atoms with van der Waals surface area (Å²) in [6, 6.07) is 5.20. The molecule has 3 heterocycles. The molecule has 35 heavy (non-hydrogen) atoms. The smallest absolute Gasteiger partial charge is 0.414 e. The van der Waals surface area contributed by atoms with Gasteiger partial charge in [-0.3, -0.25) is 19.3 Å². The van der Waals surface area contributed by atoms with Gasteiger partial charge in [0.25, 0.3) is 0 Å². The van der Waals surface area contributed by atoms with Gasteiger partial charge < -0.3 is 14.4 Å². The molecule has 10 heteroatoms. The third kappa shape index (κ3) is 5.26. The summed E-state index contributed by atoms with van der Waals surface area (Å²) in [5, 5.41) is 4.38. The number of benzene rings is 1. The van der Waals surface area contributed by atoms with Gasteiger partial charge in [-0.25, -0.2) is 9.59 Å². The van der Waals surface area contributed by atoms with Crippen LogP contribution >= 0.6 is 0 Å². The Balaban J connectivity index is 1.62. The second-order valence-electron chi connectivity index (χ2n) is 9.30. The Labute approximate surface area is 205 Å². The van der Waals surface area contributed by atoms with Crippen LogP contribution in [0, 0.1) is 0 Å². The first-order valence-corrected chi connectivity index (χ1v) is 12.1. The van der Waals surface area contributed by atoms with Crippen LogP contribution in [-0.2, 0) is 20.8 Å². The van der Waals surface area contributed by atoms with Gasteiger partial charge in [-0.1, -0.05) is 6.07 Å². The topological polar surface area (TPSA) is 97.2 Å². The van der Waals surface area contributed by atoms with Crippen molar-refractivity contribution in [1.29, 1.82) is 0 Å². The summed E-state index contributed by atoms with van der Waals surface area (Å²) >= 11 is 0. The van der Waals surface area contributed by atoms with Gasteiger partial charge in [0.05, 0.1) is 43.4 Å². The number of piperidine rings is 1. The summed E-state index contributed by atoms with van der Waals surface area (Å²) in [6.45, 7) is 7.50. The van der Waals surface area contributed by atoms with Crippen LogP contribution in [0.15, 0.2) is 30.6 Å². The van der Waals surface area contributed by atoms with Crippen LogP contribution in [0.5, 0.6) is 0 Å². The Kier molecular flexibility index (Phi) is 7.28. The molecule has 0 aliphatic carbocycles. The normalized spacial score (nSPS) is 17.9. The molecule has 1 aromatic carbocycles. The van der Waals surface area contributed by atoms with Crippen LogP contribution in [-0.4, -0.2) is 71.7 Å². The molecule has 0 radical (unpaired) electrons. The number of fused-ring (bicyclic) bond motifs is 1.